The van der Waals surface area contributed by atoms with Gasteiger partial charge in [0.2, 0.25) is 11.0 Å². The molecule has 0 unspecified atom stereocenters. The number of nitrogens with zero attached hydrogens (tertiary/aromatic N) is 1. The second-order valence-corrected chi connectivity index (χ2v) is 7.24. The third kappa shape index (κ3) is 4.47. The topological polar surface area (TPSA) is 83.1 Å². The Morgan fingerprint density at radius 3 is 2.38 bits per heavy atom. The average Bonchev–Trinajstić information content (AvgIpc) is 3.04. The van der Waals surface area contributed by atoms with Crippen LogP contribution in [0.2, 0.25) is 0 Å². The highest BCUT2D eigenvalue weighted by molar-refractivity contribution is 9.10. The van der Waals surface area contributed by atoms with Crippen LogP contribution >= 0.6 is 27.3 Å². The molecule has 0 bridgehead atoms. The predicted octanol–water partition coefficient (Wildman–Crippen LogP) is 4.29. The molecule has 0 aliphatic rings. The molecule has 1 heterocycles. The fourth-order valence-electron chi connectivity index (χ4n) is 2.17. The monoisotopic (exact) mass is 430 g/mol. The molecular formula is C18H15BrN4O2S. The number of thiazole rings is 1. The lowest BCUT2D eigenvalue weighted by atomic mass is 10.1. The van der Waals surface area contributed by atoms with Crippen LogP contribution in [0, 0.1) is 0 Å². The summed E-state index contributed by atoms with van der Waals surface area (Å²) in [4.78, 5) is 28.1. The number of carbonyl (C=O) groups is 2. The summed E-state index contributed by atoms with van der Waals surface area (Å²) in [5.74, 6) is -0.466. The van der Waals surface area contributed by atoms with Gasteiger partial charge in [-0.25, -0.2) is 4.98 Å². The normalized spacial score (nSPS) is 10.2. The Balaban J connectivity index is 1.89. The SMILES string of the molecule is CC(=O)NNc1nc(-c2ccccc2)c(NC(=O)c2ccc(Br)cc2)s1. The van der Waals surface area contributed by atoms with E-state index < -0.39 is 0 Å². The van der Waals surface area contributed by atoms with Crippen LogP contribution in [0.5, 0.6) is 0 Å². The van der Waals surface area contributed by atoms with Crippen LogP contribution in [0.25, 0.3) is 11.3 Å². The van der Waals surface area contributed by atoms with Gasteiger partial charge in [-0.05, 0) is 24.3 Å². The van der Waals surface area contributed by atoms with Gasteiger partial charge in [0.05, 0.1) is 0 Å². The van der Waals surface area contributed by atoms with Gasteiger partial charge >= 0.3 is 0 Å². The van der Waals surface area contributed by atoms with E-state index in [-0.39, 0.29) is 11.8 Å². The first kappa shape index (κ1) is 18.1. The number of hydrogen-bond donors (Lipinski definition) is 3. The van der Waals surface area contributed by atoms with Gasteiger partial charge in [0.15, 0.2) is 0 Å². The van der Waals surface area contributed by atoms with E-state index in [1.54, 1.807) is 12.1 Å². The van der Waals surface area contributed by atoms with Crippen molar-refractivity contribution >= 4 is 49.2 Å². The van der Waals surface area contributed by atoms with Crippen LogP contribution in [0.1, 0.15) is 17.3 Å². The van der Waals surface area contributed by atoms with Crippen LogP contribution in [-0.4, -0.2) is 16.8 Å². The second-order valence-electron chi connectivity index (χ2n) is 5.33. The van der Waals surface area contributed by atoms with Crippen LogP contribution in [-0.2, 0) is 4.79 Å². The summed E-state index contributed by atoms with van der Waals surface area (Å²) in [6.07, 6.45) is 0. The van der Waals surface area contributed by atoms with E-state index in [4.69, 9.17) is 0 Å². The van der Waals surface area contributed by atoms with Gasteiger partial charge in [-0.1, -0.05) is 57.6 Å². The van der Waals surface area contributed by atoms with Gasteiger partial charge in [-0.3, -0.25) is 20.4 Å². The lowest BCUT2D eigenvalue weighted by molar-refractivity contribution is -0.118. The van der Waals surface area contributed by atoms with E-state index in [9.17, 15) is 9.59 Å². The molecule has 6 nitrogen and oxygen atoms in total. The molecule has 8 heteroatoms. The standard InChI is InChI=1S/C18H15BrN4O2S/c1-11(24)22-23-18-20-15(12-5-3-2-4-6-12)17(26-18)21-16(25)13-7-9-14(19)10-8-13/h2-10H,1H3,(H,20,23)(H,21,25)(H,22,24). The number of rotatable bonds is 5. The molecule has 0 spiro atoms. The average molecular weight is 431 g/mol. The Kier molecular flexibility index (Phi) is 5.65. The molecule has 132 valence electrons. The lowest BCUT2D eigenvalue weighted by Gasteiger charge is -2.05. The van der Waals surface area contributed by atoms with Crippen molar-refractivity contribution in [1.82, 2.24) is 10.4 Å². The van der Waals surface area contributed by atoms with E-state index in [0.717, 1.165) is 10.0 Å². The summed E-state index contributed by atoms with van der Waals surface area (Å²) in [6, 6.07) is 16.6. The Hall–Kier alpha value is -2.71. The zero-order chi connectivity index (χ0) is 18.5. The maximum absolute atomic E-state index is 12.5. The molecule has 0 saturated carbocycles. The highest BCUT2D eigenvalue weighted by Gasteiger charge is 2.16. The minimum atomic E-state index is -0.234. The minimum Gasteiger partial charge on any atom is -0.312 e. The summed E-state index contributed by atoms with van der Waals surface area (Å²) in [7, 11) is 0. The highest BCUT2D eigenvalue weighted by Crippen LogP contribution is 2.35. The molecule has 3 N–H and O–H groups in total. The van der Waals surface area contributed by atoms with Crippen molar-refractivity contribution in [2.75, 3.05) is 10.7 Å². The van der Waals surface area contributed by atoms with Gasteiger partial charge in [-0.15, -0.1) is 0 Å². The third-order valence-electron chi connectivity index (χ3n) is 3.35. The fraction of sp³-hybridized carbons (Fsp3) is 0.0556. The van der Waals surface area contributed by atoms with Crippen LogP contribution in [0.15, 0.2) is 59.1 Å². The highest BCUT2D eigenvalue weighted by atomic mass is 79.9. The van der Waals surface area contributed by atoms with Gasteiger partial charge in [0.25, 0.3) is 5.91 Å². The first-order chi connectivity index (χ1) is 12.5. The van der Waals surface area contributed by atoms with Gasteiger partial charge in [0, 0.05) is 22.5 Å². The smallest absolute Gasteiger partial charge is 0.256 e. The zero-order valence-electron chi connectivity index (χ0n) is 13.7. The predicted molar refractivity (Wildman–Crippen MR) is 107 cm³/mol. The summed E-state index contributed by atoms with van der Waals surface area (Å²) >= 11 is 4.60. The number of amides is 2. The van der Waals surface area contributed by atoms with Gasteiger partial charge in [0.1, 0.15) is 10.7 Å². The maximum atomic E-state index is 12.5. The number of aromatic nitrogens is 1. The molecular weight excluding hydrogens is 416 g/mol. The summed E-state index contributed by atoms with van der Waals surface area (Å²) in [5.41, 5.74) is 7.27. The van der Waals surface area contributed by atoms with E-state index in [0.29, 0.717) is 21.4 Å². The lowest BCUT2D eigenvalue weighted by Crippen LogP contribution is -2.26. The molecule has 0 radical (unpaired) electrons. The zero-order valence-corrected chi connectivity index (χ0v) is 16.1. The molecule has 3 aromatic rings. The van der Waals surface area contributed by atoms with E-state index >= 15 is 0 Å². The van der Waals surface area contributed by atoms with Crippen LogP contribution in [0.3, 0.4) is 0 Å². The Bertz CT molecular complexity index is 926. The number of anilines is 2. The molecule has 0 aliphatic heterocycles. The van der Waals surface area contributed by atoms with Gasteiger partial charge < -0.3 is 5.32 Å². The van der Waals surface area contributed by atoms with Crippen molar-refractivity contribution < 1.29 is 9.59 Å². The molecule has 2 aromatic carbocycles. The Morgan fingerprint density at radius 1 is 1.04 bits per heavy atom. The van der Waals surface area contributed by atoms with Crippen molar-refractivity contribution in [2.24, 2.45) is 0 Å². The van der Waals surface area contributed by atoms with Crippen molar-refractivity contribution in [1.29, 1.82) is 0 Å². The Morgan fingerprint density at radius 2 is 1.73 bits per heavy atom. The van der Waals surface area contributed by atoms with E-state index in [1.807, 2.05) is 42.5 Å². The van der Waals surface area contributed by atoms with Crippen molar-refractivity contribution in [3.05, 3.63) is 64.6 Å². The van der Waals surface area contributed by atoms with Gasteiger partial charge in [-0.2, -0.15) is 0 Å². The number of carbonyl (C=O) groups excluding carboxylic acids is 2. The third-order valence-corrected chi connectivity index (χ3v) is 4.77. The molecule has 0 aliphatic carbocycles. The van der Waals surface area contributed by atoms with Crippen LogP contribution in [0.4, 0.5) is 10.1 Å². The van der Waals surface area contributed by atoms with E-state index in [2.05, 4.69) is 37.1 Å². The van der Waals surface area contributed by atoms with E-state index in [1.165, 1.54) is 18.3 Å². The summed E-state index contributed by atoms with van der Waals surface area (Å²) in [6.45, 7) is 1.40. The largest absolute Gasteiger partial charge is 0.312 e. The van der Waals surface area contributed by atoms with Crippen LogP contribution < -0.4 is 16.2 Å². The fourth-order valence-corrected chi connectivity index (χ4v) is 3.27. The Labute approximate surface area is 162 Å². The number of hydrogen-bond acceptors (Lipinski definition) is 5. The maximum Gasteiger partial charge on any atom is 0.256 e. The quantitative estimate of drug-likeness (QED) is 0.527. The molecule has 26 heavy (non-hydrogen) atoms. The first-order valence-electron chi connectivity index (χ1n) is 7.68. The van der Waals surface area contributed by atoms with Crippen molar-refractivity contribution in [3.8, 4) is 11.3 Å². The number of benzene rings is 2. The number of nitrogens with one attached hydrogen (secondary N) is 3. The summed E-state index contributed by atoms with van der Waals surface area (Å²) in [5, 5.41) is 3.97. The minimum absolute atomic E-state index is 0.232. The van der Waals surface area contributed by atoms with Crippen molar-refractivity contribution in [3.63, 3.8) is 0 Å². The van der Waals surface area contributed by atoms with Crippen molar-refractivity contribution in [2.45, 2.75) is 6.92 Å². The molecule has 0 atom stereocenters. The molecule has 2 amide bonds. The molecule has 0 fully saturated rings. The molecule has 1 aromatic heterocycles. The first-order valence-corrected chi connectivity index (χ1v) is 9.29. The number of hydrazine groups is 1. The summed E-state index contributed by atoms with van der Waals surface area (Å²) < 4.78 is 0.901. The second kappa shape index (κ2) is 8.11. The molecule has 3 rings (SSSR count). The molecule has 0 saturated heterocycles. The number of halogens is 1.